The molecule has 27 heavy (non-hydrogen) atoms. The Labute approximate surface area is 166 Å². The van der Waals surface area contributed by atoms with Crippen molar-refractivity contribution in [1.82, 2.24) is 25.5 Å². The summed E-state index contributed by atoms with van der Waals surface area (Å²) in [5, 5.41) is 15.5. The molecule has 0 bridgehead atoms. The largest absolute Gasteiger partial charge is 0.496 e. The number of ether oxygens (including phenoxy) is 2. The Balaban J connectivity index is 1.94. The molecule has 0 amide bonds. The maximum absolute atomic E-state index is 14.2. The van der Waals surface area contributed by atoms with Gasteiger partial charge in [0.05, 0.1) is 19.8 Å². The van der Waals surface area contributed by atoms with Crippen LogP contribution in [0.4, 0.5) is 4.39 Å². The van der Waals surface area contributed by atoms with Crippen molar-refractivity contribution in [1.29, 1.82) is 0 Å². The first-order chi connectivity index (χ1) is 12.9. The predicted molar refractivity (Wildman–Crippen MR) is 102 cm³/mol. The van der Waals surface area contributed by atoms with Crippen LogP contribution in [0.15, 0.2) is 22.7 Å². The van der Waals surface area contributed by atoms with Crippen molar-refractivity contribution in [3.05, 3.63) is 34.1 Å². The third-order valence-electron chi connectivity index (χ3n) is 4.51. The molecule has 9 heteroatoms. The number of hydrogen-bond donors (Lipinski definition) is 1. The van der Waals surface area contributed by atoms with Gasteiger partial charge in [-0.25, -0.2) is 9.07 Å². The monoisotopic (exact) mass is 441 g/mol. The second-order valence-corrected chi connectivity index (χ2v) is 8.28. The lowest BCUT2D eigenvalue weighted by Gasteiger charge is -2.24. The van der Waals surface area contributed by atoms with Gasteiger partial charge in [-0.05, 0) is 42.8 Å². The molecule has 2 heterocycles. The normalized spacial score (nSPS) is 18.6. The maximum atomic E-state index is 14.2. The number of alkyl halides is 1. The number of methoxy groups -OCH3 is 1. The van der Waals surface area contributed by atoms with Crippen LogP contribution in [0, 0.1) is 5.92 Å². The van der Waals surface area contributed by atoms with E-state index < -0.39 is 11.7 Å². The number of benzene rings is 1. The van der Waals surface area contributed by atoms with E-state index in [-0.39, 0.29) is 6.54 Å². The van der Waals surface area contributed by atoms with Crippen molar-refractivity contribution in [2.45, 2.75) is 38.5 Å². The molecule has 0 saturated carbocycles. The van der Waals surface area contributed by atoms with Gasteiger partial charge in [-0.3, -0.25) is 0 Å². The number of tetrazole rings is 1. The second kappa shape index (κ2) is 8.62. The molecule has 2 atom stereocenters. The highest BCUT2D eigenvalue weighted by Gasteiger charge is 2.28. The van der Waals surface area contributed by atoms with E-state index in [9.17, 15) is 4.39 Å². The Morgan fingerprint density at radius 1 is 1.48 bits per heavy atom. The van der Waals surface area contributed by atoms with E-state index in [0.29, 0.717) is 30.6 Å². The fraction of sp³-hybridized carbons (Fsp3) is 0.611. The Morgan fingerprint density at radius 3 is 2.96 bits per heavy atom. The lowest BCUT2D eigenvalue weighted by Crippen LogP contribution is -2.36. The van der Waals surface area contributed by atoms with E-state index in [1.165, 1.54) is 13.8 Å². The minimum Gasteiger partial charge on any atom is -0.496 e. The van der Waals surface area contributed by atoms with Gasteiger partial charge in [0.2, 0.25) is 0 Å². The van der Waals surface area contributed by atoms with Crippen molar-refractivity contribution in [3.8, 4) is 5.75 Å². The second-order valence-electron chi connectivity index (χ2n) is 7.37. The minimum atomic E-state index is -1.38. The van der Waals surface area contributed by atoms with Gasteiger partial charge in [-0.2, -0.15) is 0 Å². The van der Waals surface area contributed by atoms with Crippen LogP contribution in [0.2, 0.25) is 0 Å². The lowest BCUT2D eigenvalue weighted by molar-refractivity contribution is 0.180. The maximum Gasteiger partial charge on any atom is 0.172 e. The van der Waals surface area contributed by atoms with Gasteiger partial charge in [0.25, 0.3) is 0 Å². The average Bonchev–Trinajstić information content (AvgIpc) is 3.28. The molecule has 1 aromatic carbocycles. The molecule has 1 fully saturated rings. The Bertz CT molecular complexity index is 758. The van der Waals surface area contributed by atoms with Crippen LogP contribution >= 0.6 is 15.9 Å². The quantitative estimate of drug-likeness (QED) is 0.678. The molecule has 3 rings (SSSR count). The molecule has 1 N–H and O–H groups in total. The molecule has 148 valence electrons. The first-order valence-electron chi connectivity index (χ1n) is 8.97. The van der Waals surface area contributed by atoms with Crippen LogP contribution in [0.1, 0.15) is 37.7 Å². The van der Waals surface area contributed by atoms with Gasteiger partial charge >= 0.3 is 0 Å². The third kappa shape index (κ3) is 5.24. The molecular formula is C18H25BrFN5O2. The van der Waals surface area contributed by atoms with E-state index in [1.807, 2.05) is 18.2 Å². The van der Waals surface area contributed by atoms with Crippen molar-refractivity contribution < 1.29 is 13.9 Å². The standard InChI is InChI=1S/C18H25BrFN5O2/c1-18(2,20)11-21-16(14-5-4-13(19)8-15(14)26-3)17-22-23-24-25(17)9-12-6-7-27-10-12/h4-5,8,12,16,21H,6-7,9-11H2,1-3H3. The Hall–Kier alpha value is -1.58. The van der Waals surface area contributed by atoms with Gasteiger partial charge in [-0.15, -0.1) is 5.10 Å². The summed E-state index contributed by atoms with van der Waals surface area (Å²) >= 11 is 3.46. The molecule has 7 nitrogen and oxygen atoms in total. The van der Waals surface area contributed by atoms with Gasteiger partial charge in [0, 0.05) is 35.7 Å². The van der Waals surface area contributed by atoms with E-state index in [2.05, 4.69) is 36.8 Å². The first-order valence-corrected chi connectivity index (χ1v) is 9.76. The topological polar surface area (TPSA) is 74.1 Å². The molecule has 0 aliphatic carbocycles. The first kappa shape index (κ1) is 20.2. The van der Waals surface area contributed by atoms with Crippen LogP contribution in [0.25, 0.3) is 0 Å². The Morgan fingerprint density at radius 2 is 2.30 bits per heavy atom. The third-order valence-corrected chi connectivity index (χ3v) is 5.00. The van der Waals surface area contributed by atoms with Crippen LogP contribution in [-0.4, -0.2) is 52.7 Å². The smallest absolute Gasteiger partial charge is 0.172 e. The predicted octanol–water partition coefficient (Wildman–Crippen LogP) is 2.91. The van der Waals surface area contributed by atoms with E-state index in [0.717, 1.165) is 23.1 Å². The zero-order valence-electron chi connectivity index (χ0n) is 15.8. The van der Waals surface area contributed by atoms with Crippen molar-refractivity contribution in [2.24, 2.45) is 5.92 Å². The van der Waals surface area contributed by atoms with E-state index in [1.54, 1.807) is 11.8 Å². The highest BCUT2D eigenvalue weighted by molar-refractivity contribution is 9.10. The van der Waals surface area contributed by atoms with Crippen LogP contribution in [-0.2, 0) is 11.3 Å². The molecule has 1 aromatic heterocycles. The fourth-order valence-electron chi connectivity index (χ4n) is 3.13. The Kier molecular flexibility index (Phi) is 6.44. The summed E-state index contributed by atoms with van der Waals surface area (Å²) in [6.45, 7) is 5.36. The summed E-state index contributed by atoms with van der Waals surface area (Å²) in [7, 11) is 1.61. The van der Waals surface area contributed by atoms with Crippen molar-refractivity contribution in [2.75, 3.05) is 26.9 Å². The number of nitrogens with zero attached hydrogens (tertiary/aromatic N) is 4. The van der Waals surface area contributed by atoms with Crippen LogP contribution < -0.4 is 10.1 Å². The molecule has 2 unspecified atom stereocenters. The fourth-order valence-corrected chi connectivity index (χ4v) is 3.47. The molecule has 1 saturated heterocycles. The SMILES string of the molecule is COc1cc(Br)ccc1C(NCC(C)(C)F)c1nnnn1CC1CCOC1. The summed E-state index contributed by atoms with van der Waals surface area (Å²) in [4.78, 5) is 0. The summed E-state index contributed by atoms with van der Waals surface area (Å²) in [6, 6.07) is 5.33. The van der Waals surface area contributed by atoms with E-state index in [4.69, 9.17) is 9.47 Å². The summed E-state index contributed by atoms with van der Waals surface area (Å²) in [5.41, 5.74) is -0.526. The summed E-state index contributed by atoms with van der Waals surface area (Å²) < 4.78 is 27.9. The molecule has 2 aromatic rings. The molecule has 1 aliphatic heterocycles. The number of halogens is 2. The van der Waals surface area contributed by atoms with Gasteiger partial charge < -0.3 is 14.8 Å². The average molecular weight is 442 g/mol. The zero-order valence-corrected chi connectivity index (χ0v) is 17.4. The number of hydrogen-bond acceptors (Lipinski definition) is 6. The molecular weight excluding hydrogens is 417 g/mol. The van der Waals surface area contributed by atoms with Gasteiger partial charge in [0.15, 0.2) is 5.82 Å². The lowest BCUT2D eigenvalue weighted by atomic mass is 10.0. The highest BCUT2D eigenvalue weighted by atomic mass is 79.9. The van der Waals surface area contributed by atoms with Crippen LogP contribution in [0.3, 0.4) is 0 Å². The molecule has 0 radical (unpaired) electrons. The molecule has 1 aliphatic rings. The van der Waals surface area contributed by atoms with Gasteiger partial charge in [0.1, 0.15) is 11.4 Å². The highest BCUT2D eigenvalue weighted by Crippen LogP contribution is 2.32. The molecule has 0 spiro atoms. The van der Waals surface area contributed by atoms with Gasteiger partial charge in [-0.1, -0.05) is 22.0 Å². The summed E-state index contributed by atoms with van der Waals surface area (Å²) in [6.07, 6.45) is 0.983. The van der Waals surface area contributed by atoms with E-state index >= 15 is 0 Å². The minimum absolute atomic E-state index is 0.149. The zero-order chi connectivity index (χ0) is 19.4. The van der Waals surface area contributed by atoms with Crippen molar-refractivity contribution in [3.63, 3.8) is 0 Å². The number of nitrogens with one attached hydrogen (secondary N) is 1. The van der Waals surface area contributed by atoms with Crippen LogP contribution in [0.5, 0.6) is 5.75 Å². The summed E-state index contributed by atoms with van der Waals surface area (Å²) in [5.74, 6) is 1.68. The van der Waals surface area contributed by atoms with Crippen molar-refractivity contribution >= 4 is 15.9 Å². The number of aromatic nitrogens is 4. The number of rotatable bonds is 8.